The number of rotatable bonds is 10. The lowest BCUT2D eigenvalue weighted by Gasteiger charge is -2.37. The van der Waals surface area contributed by atoms with Crippen LogP contribution in [0.5, 0.6) is 0 Å². The maximum Gasteiger partial charge on any atom is 0.390 e. The maximum absolute atomic E-state index is 14.7. The van der Waals surface area contributed by atoms with Crippen LogP contribution in [0.15, 0.2) is 36.4 Å². The van der Waals surface area contributed by atoms with Crippen molar-refractivity contribution in [3.05, 3.63) is 58.4 Å². The minimum atomic E-state index is -4.21. The number of piperazine rings is 1. The van der Waals surface area contributed by atoms with Crippen molar-refractivity contribution in [2.24, 2.45) is 5.73 Å². The van der Waals surface area contributed by atoms with E-state index in [1.807, 2.05) is 4.90 Å². The van der Waals surface area contributed by atoms with E-state index in [-0.39, 0.29) is 18.7 Å². The smallest absolute Gasteiger partial charge is 0.390 e. The molecule has 0 aliphatic carbocycles. The summed E-state index contributed by atoms with van der Waals surface area (Å²) in [5, 5.41) is 14.9. The third kappa shape index (κ3) is 8.29. The van der Waals surface area contributed by atoms with E-state index in [0.717, 1.165) is 6.07 Å². The highest BCUT2D eigenvalue weighted by Crippen LogP contribution is 2.31. The number of amides is 2. The largest absolute Gasteiger partial charge is 0.394 e. The molecule has 1 aliphatic heterocycles. The number of hydrogen-bond acceptors (Lipinski definition) is 6. The summed E-state index contributed by atoms with van der Waals surface area (Å²) in [5.41, 5.74) is 6.34. The Morgan fingerprint density at radius 1 is 1.11 bits per heavy atom. The molecule has 5 N–H and O–H groups in total. The van der Waals surface area contributed by atoms with Crippen molar-refractivity contribution in [3.63, 3.8) is 0 Å². The van der Waals surface area contributed by atoms with Crippen LogP contribution in [0.2, 0.25) is 5.02 Å². The molecule has 8 nitrogen and oxygen atoms in total. The summed E-state index contributed by atoms with van der Waals surface area (Å²) in [6, 6.07) is 7.76. The van der Waals surface area contributed by atoms with E-state index >= 15 is 0 Å². The molecule has 0 radical (unpaired) electrons. The summed E-state index contributed by atoms with van der Waals surface area (Å²) in [7, 11) is 0. The van der Waals surface area contributed by atoms with Crippen LogP contribution in [0.1, 0.15) is 22.3 Å². The first-order valence-electron chi connectivity index (χ1n) is 11.5. The zero-order valence-electron chi connectivity index (χ0n) is 19.8. The third-order valence-electron chi connectivity index (χ3n) is 5.99. The van der Waals surface area contributed by atoms with E-state index in [9.17, 15) is 27.2 Å². The first-order valence-corrected chi connectivity index (χ1v) is 11.9. The number of primary amides is 1. The molecule has 1 saturated heterocycles. The van der Waals surface area contributed by atoms with Crippen LogP contribution >= 0.6 is 11.6 Å². The number of carbonyl (C=O) groups is 2. The second-order valence-electron chi connectivity index (χ2n) is 8.64. The van der Waals surface area contributed by atoms with E-state index in [4.69, 9.17) is 22.4 Å². The summed E-state index contributed by atoms with van der Waals surface area (Å²) in [5.74, 6) is -2.24. The van der Waals surface area contributed by atoms with Crippen molar-refractivity contribution in [3.8, 4) is 0 Å². The number of anilines is 2. The summed E-state index contributed by atoms with van der Waals surface area (Å²) in [4.78, 5) is 27.7. The molecule has 1 atom stereocenters. The molecule has 1 aliphatic rings. The average molecular weight is 546 g/mol. The van der Waals surface area contributed by atoms with Crippen molar-refractivity contribution < 1.29 is 32.3 Å². The second kappa shape index (κ2) is 12.5. The van der Waals surface area contributed by atoms with Gasteiger partial charge in [0.2, 0.25) is 5.91 Å². The number of carbonyl (C=O) groups excluding carboxylic acids is 2. The fraction of sp³-hybridized carbons (Fsp3) is 0.417. The van der Waals surface area contributed by atoms with Gasteiger partial charge in [-0.15, -0.1) is 0 Å². The highest BCUT2D eigenvalue weighted by molar-refractivity contribution is 6.31. The molecule has 0 aromatic heterocycles. The van der Waals surface area contributed by atoms with Gasteiger partial charge in [0.1, 0.15) is 11.9 Å². The summed E-state index contributed by atoms with van der Waals surface area (Å²) >= 11 is 6.16. The fourth-order valence-electron chi connectivity index (χ4n) is 3.91. The monoisotopic (exact) mass is 545 g/mol. The van der Waals surface area contributed by atoms with Gasteiger partial charge in [0.15, 0.2) is 0 Å². The number of aliphatic hydroxyl groups excluding tert-OH is 1. The van der Waals surface area contributed by atoms with E-state index in [1.165, 1.54) is 12.1 Å². The van der Waals surface area contributed by atoms with Crippen molar-refractivity contribution >= 4 is 34.8 Å². The van der Waals surface area contributed by atoms with Crippen LogP contribution in [0.3, 0.4) is 0 Å². The lowest BCUT2D eigenvalue weighted by Crippen LogP contribution is -2.47. The van der Waals surface area contributed by atoms with Gasteiger partial charge in [-0.3, -0.25) is 19.8 Å². The van der Waals surface area contributed by atoms with Gasteiger partial charge in [-0.05, 0) is 35.9 Å². The van der Waals surface area contributed by atoms with Gasteiger partial charge in [0.25, 0.3) is 5.91 Å². The van der Waals surface area contributed by atoms with Gasteiger partial charge in [-0.25, -0.2) is 4.39 Å². The van der Waals surface area contributed by atoms with E-state index < -0.39 is 42.9 Å². The van der Waals surface area contributed by atoms with Crippen molar-refractivity contribution in [1.82, 2.24) is 10.2 Å². The Morgan fingerprint density at radius 3 is 2.41 bits per heavy atom. The molecular formula is C24H28ClF4N5O3. The van der Waals surface area contributed by atoms with Crippen LogP contribution in [-0.2, 0) is 11.3 Å². The van der Waals surface area contributed by atoms with Gasteiger partial charge >= 0.3 is 6.18 Å². The number of alkyl halides is 3. The molecule has 13 heteroatoms. The van der Waals surface area contributed by atoms with Gasteiger partial charge < -0.3 is 21.1 Å². The first-order chi connectivity index (χ1) is 17.5. The molecule has 2 aromatic carbocycles. The fourth-order valence-corrected chi connectivity index (χ4v) is 4.07. The van der Waals surface area contributed by atoms with E-state index in [0.29, 0.717) is 48.1 Å². The first kappa shape index (κ1) is 28.6. The van der Waals surface area contributed by atoms with Gasteiger partial charge in [0, 0.05) is 44.3 Å². The lowest BCUT2D eigenvalue weighted by molar-refractivity contribution is -0.138. The number of nitrogens with one attached hydrogen (secondary N) is 2. The van der Waals surface area contributed by atoms with Crippen LogP contribution in [-0.4, -0.2) is 73.4 Å². The topological polar surface area (TPSA) is 111 Å². The van der Waals surface area contributed by atoms with Gasteiger partial charge in [-0.2, -0.15) is 13.2 Å². The highest BCUT2D eigenvalue weighted by Gasteiger charge is 2.29. The highest BCUT2D eigenvalue weighted by atomic mass is 35.5. The molecule has 0 spiro atoms. The Labute approximate surface area is 216 Å². The number of nitrogens with zero attached hydrogens (tertiary/aromatic N) is 2. The average Bonchev–Trinajstić information content (AvgIpc) is 2.84. The van der Waals surface area contributed by atoms with Crippen LogP contribution in [0.25, 0.3) is 0 Å². The Kier molecular flexibility index (Phi) is 9.71. The normalized spacial score (nSPS) is 15.5. The molecule has 202 valence electrons. The van der Waals surface area contributed by atoms with Crippen LogP contribution in [0, 0.1) is 5.82 Å². The quantitative estimate of drug-likeness (QED) is 0.342. The Morgan fingerprint density at radius 2 is 1.81 bits per heavy atom. The molecule has 0 unspecified atom stereocenters. The summed E-state index contributed by atoms with van der Waals surface area (Å²) in [6.07, 6.45) is -5.09. The predicted molar refractivity (Wildman–Crippen MR) is 132 cm³/mol. The Balaban J connectivity index is 1.66. The van der Waals surface area contributed by atoms with Crippen molar-refractivity contribution in [2.45, 2.75) is 25.2 Å². The number of aliphatic hydroxyl groups is 1. The third-order valence-corrected chi connectivity index (χ3v) is 6.22. The number of halogens is 5. The lowest BCUT2D eigenvalue weighted by atomic mass is 10.1. The number of nitrogens with two attached hydrogens (primary N) is 1. The Bertz CT molecular complexity index is 1110. The molecule has 2 amide bonds. The van der Waals surface area contributed by atoms with E-state index in [1.54, 1.807) is 23.1 Å². The number of benzene rings is 2. The summed E-state index contributed by atoms with van der Waals surface area (Å²) in [6.45, 7) is 1.13. The zero-order valence-corrected chi connectivity index (χ0v) is 20.6. The van der Waals surface area contributed by atoms with Crippen LogP contribution < -0.4 is 21.3 Å². The van der Waals surface area contributed by atoms with Crippen molar-refractivity contribution in [1.29, 1.82) is 0 Å². The standard InChI is InChI=1S/C24H28ClF4N5O3/c25-16-2-4-19(21(12-16)34-9-7-33(8-10-34)6-5-24(27,28)29)32-23(37)17-3-1-15(11-18(17)26)13-31-20(14-35)22(30)36/h1-4,11-12,20,31,35H,5-10,13-14H2,(H2,30,36)(H,32,37)/t20-/m1/s1. The molecule has 37 heavy (non-hydrogen) atoms. The molecular weight excluding hydrogens is 518 g/mol. The molecule has 3 rings (SSSR count). The SMILES string of the molecule is NC(=O)[C@@H](CO)NCc1ccc(C(=O)Nc2ccc(Cl)cc2N2CCN(CCC(F)(F)F)CC2)c(F)c1. The molecule has 0 saturated carbocycles. The zero-order chi connectivity index (χ0) is 27.2. The molecule has 2 aromatic rings. The second-order valence-corrected chi connectivity index (χ2v) is 9.08. The molecule has 0 bridgehead atoms. The minimum absolute atomic E-state index is 0.0449. The minimum Gasteiger partial charge on any atom is -0.394 e. The Hall–Kier alpha value is -2.93. The molecule has 1 fully saturated rings. The predicted octanol–water partition coefficient (Wildman–Crippen LogP) is 2.74. The number of hydrogen-bond donors (Lipinski definition) is 4. The molecule has 1 heterocycles. The van der Waals surface area contributed by atoms with Gasteiger partial charge in [0.05, 0.1) is 30.0 Å². The van der Waals surface area contributed by atoms with E-state index in [2.05, 4.69) is 10.6 Å². The van der Waals surface area contributed by atoms with Crippen molar-refractivity contribution in [2.75, 3.05) is 49.5 Å². The summed E-state index contributed by atoms with van der Waals surface area (Å²) < 4.78 is 52.3. The maximum atomic E-state index is 14.7. The van der Waals surface area contributed by atoms with Gasteiger partial charge in [-0.1, -0.05) is 17.7 Å². The van der Waals surface area contributed by atoms with Crippen LogP contribution in [0.4, 0.5) is 28.9 Å².